The van der Waals surface area contributed by atoms with E-state index in [0.717, 1.165) is 24.7 Å². The molecule has 0 bridgehead atoms. The van der Waals surface area contributed by atoms with E-state index in [0.29, 0.717) is 6.04 Å². The summed E-state index contributed by atoms with van der Waals surface area (Å²) in [5, 5.41) is 0.772. The Labute approximate surface area is 109 Å². The van der Waals surface area contributed by atoms with E-state index in [1.807, 2.05) is 12.1 Å². The maximum absolute atomic E-state index is 5.99. The number of ether oxygens (including phenoxy) is 1. The van der Waals surface area contributed by atoms with E-state index >= 15 is 0 Å². The predicted octanol–water partition coefficient (Wildman–Crippen LogP) is 3.30. The number of hydrogen-bond acceptors (Lipinski definition) is 2. The van der Waals surface area contributed by atoms with Gasteiger partial charge in [0.15, 0.2) is 0 Å². The zero-order valence-electron chi connectivity index (χ0n) is 10.7. The lowest BCUT2D eigenvalue weighted by atomic mass is 9.93. The van der Waals surface area contributed by atoms with E-state index in [9.17, 15) is 0 Å². The lowest BCUT2D eigenvalue weighted by molar-refractivity contribution is -0.110. The average Bonchev–Trinajstić information content (AvgIpc) is 2.29. The molecule has 1 aliphatic rings. The largest absolute Gasteiger partial charge is 0.368 e. The summed E-state index contributed by atoms with van der Waals surface area (Å²) in [6.45, 7) is 9.36. The molecule has 1 fully saturated rings. The van der Waals surface area contributed by atoms with Gasteiger partial charge in [0.1, 0.15) is 5.60 Å². The van der Waals surface area contributed by atoms with Gasteiger partial charge in [0, 0.05) is 24.2 Å². The first kappa shape index (κ1) is 12.9. The minimum atomic E-state index is -0.215. The van der Waals surface area contributed by atoms with E-state index in [1.54, 1.807) is 0 Å². The second-order valence-electron chi connectivity index (χ2n) is 5.15. The van der Waals surface area contributed by atoms with Crippen LogP contribution in [0.2, 0.25) is 5.02 Å². The summed E-state index contributed by atoms with van der Waals surface area (Å²) in [6.07, 6.45) is 0. The molecule has 1 saturated heterocycles. The molecule has 2 rings (SSSR count). The summed E-state index contributed by atoms with van der Waals surface area (Å²) >= 11 is 5.92. The van der Waals surface area contributed by atoms with Crippen LogP contribution in [0.1, 0.15) is 26.3 Å². The Morgan fingerprint density at radius 2 is 1.94 bits per heavy atom. The summed E-state index contributed by atoms with van der Waals surface area (Å²) in [7, 11) is 0. The summed E-state index contributed by atoms with van der Waals surface area (Å²) in [4.78, 5) is 2.46. The molecule has 0 saturated carbocycles. The van der Waals surface area contributed by atoms with Crippen molar-refractivity contribution in [1.82, 2.24) is 4.90 Å². The molecule has 0 N–H and O–H groups in total. The van der Waals surface area contributed by atoms with Crippen LogP contribution >= 0.6 is 11.6 Å². The van der Waals surface area contributed by atoms with Crippen molar-refractivity contribution in [3.05, 3.63) is 34.9 Å². The first-order valence-electron chi connectivity index (χ1n) is 6.15. The Hall–Kier alpha value is -0.570. The molecule has 0 radical (unpaired) electrons. The highest BCUT2D eigenvalue weighted by molar-refractivity contribution is 6.30. The van der Waals surface area contributed by atoms with Crippen LogP contribution in [0.5, 0.6) is 0 Å². The third-order valence-electron chi connectivity index (χ3n) is 3.49. The number of nitrogens with zero attached hydrogens (tertiary/aromatic N) is 1. The summed E-state index contributed by atoms with van der Waals surface area (Å²) in [5.41, 5.74) is 0.986. The van der Waals surface area contributed by atoms with Gasteiger partial charge in [-0.1, -0.05) is 23.7 Å². The van der Waals surface area contributed by atoms with Gasteiger partial charge in [0.25, 0.3) is 0 Å². The van der Waals surface area contributed by atoms with Crippen LogP contribution in [0.25, 0.3) is 0 Å². The number of rotatable bonds is 2. The first-order chi connectivity index (χ1) is 8.01. The smallest absolute Gasteiger partial charge is 0.103 e. The van der Waals surface area contributed by atoms with E-state index in [-0.39, 0.29) is 5.60 Å². The number of benzene rings is 1. The third-order valence-corrected chi connectivity index (χ3v) is 3.74. The van der Waals surface area contributed by atoms with Crippen LogP contribution < -0.4 is 0 Å². The van der Waals surface area contributed by atoms with Crippen molar-refractivity contribution in [2.24, 2.45) is 0 Å². The molecule has 1 aliphatic heterocycles. The lowest BCUT2D eigenvalue weighted by Gasteiger charge is -2.42. The van der Waals surface area contributed by atoms with Crippen LogP contribution in [0, 0.1) is 0 Å². The van der Waals surface area contributed by atoms with Gasteiger partial charge in [-0.15, -0.1) is 0 Å². The molecule has 1 unspecified atom stereocenters. The predicted molar refractivity (Wildman–Crippen MR) is 71.5 cm³/mol. The van der Waals surface area contributed by atoms with Crippen molar-refractivity contribution >= 4 is 11.6 Å². The van der Waals surface area contributed by atoms with Crippen LogP contribution in [-0.4, -0.2) is 30.6 Å². The SMILES string of the molecule is CC(C)N1CCOC(C)(c2ccc(Cl)cc2)C1. The Balaban J connectivity index is 2.20. The van der Waals surface area contributed by atoms with E-state index < -0.39 is 0 Å². The highest BCUT2D eigenvalue weighted by Crippen LogP contribution is 2.30. The molecular weight excluding hydrogens is 234 g/mol. The van der Waals surface area contributed by atoms with Crippen LogP contribution in [-0.2, 0) is 10.3 Å². The van der Waals surface area contributed by atoms with Gasteiger partial charge in [-0.3, -0.25) is 4.90 Å². The van der Waals surface area contributed by atoms with Crippen molar-refractivity contribution in [2.45, 2.75) is 32.4 Å². The molecule has 3 heteroatoms. The van der Waals surface area contributed by atoms with Crippen molar-refractivity contribution in [2.75, 3.05) is 19.7 Å². The van der Waals surface area contributed by atoms with Crippen molar-refractivity contribution < 1.29 is 4.74 Å². The van der Waals surface area contributed by atoms with Gasteiger partial charge in [-0.25, -0.2) is 0 Å². The first-order valence-corrected chi connectivity index (χ1v) is 6.53. The zero-order valence-corrected chi connectivity index (χ0v) is 11.5. The van der Waals surface area contributed by atoms with Crippen LogP contribution in [0.4, 0.5) is 0 Å². The van der Waals surface area contributed by atoms with E-state index in [1.165, 1.54) is 5.56 Å². The summed E-state index contributed by atoms with van der Waals surface area (Å²) in [6, 6.07) is 8.54. The molecular formula is C14H20ClNO. The number of morpholine rings is 1. The summed E-state index contributed by atoms with van der Waals surface area (Å²) < 4.78 is 5.99. The molecule has 94 valence electrons. The van der Waals surface area contributed by atoms with Crippen molar-refractivity contribution in [3.8, 4) is 0 Å². The minimum absolute atomic E-state index is 0.215. The lowest BCUT2D eigenvalue weighted by Crippen LogP contribution is -2.50. The summed E-state index contributed by atoms with van der Waals surface area (Å²) in [5.74, 6) is 0. The van der Waals surface area contributed by atoms with Crippen molar-refractivity contribution in [1.29, 1.82) is 0 Å². The number of hydrogen-bond donors (Lipinski definition) is 0. The maximum Gasteiger partial charge on any atom is 0.103 e. The van der Waals surface area contributed by atoms with Gasteiger partial charge in [-0.05, 0) is 38.5 Å². The van der Waals surface area contributed by atoms with Gasteiger partial charge < -0.3 is 4.74 Å². The molecule has 0 amide bonds. The second kappa shape index (κ2) is 4.97. The number of halogens is 1. The maximum atomic E-state index is 5.99. The normalized spacial score (nSPS) is 26.4. The van der Waals surface area contributed by atoms with E-state index in [2.05, 4.69) is 37.8 Å². The molecule has 0 aromatic heterocycles. The molecule has 17 heavy (non-hydrogen) atoms. The fourth-order valence-electron chi connectivity index (χ4n) is 2.32. The topological polar surface area (TPSA) is 12.5 Å². The zero-order chi connectivity index (χ0) is 12.5. The highest BCUT2D eigenvalue weighted by Gasteiger charge is 2.34. The quantitative estimate of drug-likeness (QED) is 0.802. The third kappa shape index (κ3) is 2.82. The molecule has 2 nitrogen and oxygen atoms in total. The Kier molecular flexibility index (Phi) is 3.76. The Bertz CT molecular complexity index is 376. The molecule has 1 atom stereocenters. The molecule has 0 spiro atoms. The highest BCUT2D eigenvalue weighted by atomic mass is 35.5. The fourth-order valence-corrected chi connectivity index (χ4v) is 2.44. The van der Waals surface area contributed by atoms with Crippen LogP contribution in [0.15, 0.2) is 24.3 Å². The fraction of sp³-hybridized carbons (Fsp3) is 0.571. The minimum Gasteiger partial charge on any atom is -0.368 e. The van der Waals surface area contributed by atoms with Crippen LogP contribution in [0.3, 0.4) is 0 Å². The van der Waals surface area contributed by atoms with Gasteiger partial charge in [0.05, 0.1) is 6.61 Å². The standard InChI is InChI=1S/C14H20ClNO/c1-11(2)16-8-9-17-14(3,10-16)12-4-6-13(15)7-5-12/h4-7,11H,8-10H2,1-3H3. The van der Waals surface area contributed by atoms with Gasteiger partial charge in [0.2, 0.25) is 0 Å². The molecule has 1 heterocycles. The molecule has 1 aromatic rings. The van der Waals surface area contributed by atoms with Crippen molar-refractivity contribution in [3.63, 3.8) is 0 Å². The second-order valence-corrected chi connectivity index (χ2v) is 5.59. The van der Waals surface area contributed by atoms with Gasteiger partial charge in [-0.2, -0.15) is 0 Å². The average molecular weight is 254 g/mol. The Morgan fingerprint density at radius 3 is 2.53 bits per heavy atom. The monoisotopic (exact) mass is 253 g/mol. The van der Waals surface area contributed by atoms with Gasteiger partial charge >= 0.3 is 0 Å². The van der Waals surface area contributed by atoms with E-state index in [4.69, 9.17) is 16.3 Å². The molecule has 1 aromatic carbocycles. The molecule has 0 aliphatic carbocycles. The Morgan fingerprint density at radius 1 is 1.29 bits per heavy atom.